The zero-order chi connectivity index (χ0) is 21.6. The Morgan fingerprint density at radius 2 is 1.71 bits per heavy atom. The van der Waals surface area contributed by atoms with Crippen LogP contribution >= 0.6 is 27.5 Å². The Bertz CT molecular complexity index is 1200. The van der Waals surface area contributed by atoms with E-state index in [1.54, 1.807) is 10.8 Å². The molecule has 31 heavy (non-hydrogen) atoms. The highest BCUT2D eigenvalue weighted by atomic mass is 79.9. The van der Waals surface area contributed by atoms with Crippen LogP contribution in [0, 0.1) is 0 Å². The molecule has 1 heterocycles. The second-order valence-corrected chi connectivity index (χ2v) is 8.14. The first-order valence-electron chi connectivity index (χ1n) is 9.59. The Labute approximate surface area is 193 Å². The van der Waals surface area contributed by atoms with Gasteiger partial charge in [-0.05, 0) is 48.0 Å². The van der Waals surface area contributed by atoms with Gasteiger partial charge in [-0.2, -0.15) is 5.10 Å². The number of para-hydroxylation sites is 1. The summed E-state index contributed by atoms with van der Waals surface area (Å²) in [7, 11) is 0. The molecule has 4 aromatic rings. The SMILES string of the molecule is O=C(/C=C/c1cn(-c2ccccc2)nc1-c1ccc(Cl)cc1)OCc1ccc(Br)cc1. The Balaban J connectivity index is 1.56. The van der Waals surface area contributed by atoms with E-state index in [4.69, 9.17) is 21.4 Å². The predicted molar refractivity (Wildman–Crippen MR) is 127 cm³/mol. The molecule has 0 saturated heterocycles. The number of nitrogens with zero attached hydrogens (tertiary/aromatic N) is 2. The maximum absolute atomic E-state index is 12.3. The van der Waals surface area contributed by atoms with Crippen LogP contribution in [0.15, 0.2) is 95.6 Å². The van der Waals surface area contributed by atoms with Crippen LogP contribution in [0.1, 0.15) is 11.1 Å². The zero-order valence-corrected chi connectivity index (χ0v) is 18.8. The van der Waals surface area contributed by atoms with Gasteiger partial charge in [0.25, 0.3) is 0 Å². The number of halogens is 2. The fraction of sp³-hybridized carbons (Fsp3) is 0.0400. The molecule has 4 nitrogen and oxygen atoms in total. The van der Waals surface area contributed by atoms with Gasteiger partial charge < -0.3 is 4.74 Å². The minimum Gasteiger partial charge on any atom is -0.458 e. The topological polar surface area (TPSA) is 44.1 Å². The van der Waals surface area contributed by atoms with E-state index in [9.17, 15) is 4.79 Å². The van der Waals surface area contributed by atoms with Crippen molar-refractivity contribution >= 4 is 39.6 Å². The number of benzene rings is 3. The van der Waals surface area contributed by atoms with Crippen LogP contribution in [0.4, 0.5) is 0 Å². The number of hydrogen-bond acceptors (Lipinski definition) is 3. The van der Waals surface area contributed by atoms with Gasteiger partial charge in [-0.1, -0.05) is 70.0 Å². The highest BCUT2D eigenvalue weighted by Crippen LogP contribution is 2.26. The Hall–Kier alpha value is -3.15. The molecule has 0 bridgehead atoms. The van der Waals surface area contributed by atoms with Crippen molar-refractivity contribution in [2.45, 2.75) is 6.61 Å². The molecule has 4 rings (SSSR count). The van der Waals surface area contributed by atoms with Gasteiger partial charge in [0.2, 0.25) is 0 Å². The molecule has 0 radical (unpaired) electrons. The molecule has 0 N–H and O–H groups in total. The van der Waals surface area contributed by atoms with Crippen molar-refractivity contribution in [3.63, 3.8) is 0 Å². The maximum Gasteiger partial charge on any atom is 0.331 e. The monoisotopic (exact) mass is 492 g/mol. The van der Waals surface area contributed by atoms with Crippen LogP contribution < -0.4 is 0 Å². The highest BCUT2D eigenvalue weighted by molar-refractivity contribution is 9.10. The highest BCUT2D eigenvalue weighted by Gasteiger charge is 2.11. The van der Waals surface area contributed by atoms with E-state index in [0.29, 0.717) is 5.02 Å². The smallest absolute Gasteiger partial charge is 0.331 e. The molecule has 0 aliphatic carbocycles. The Morgan fingerprint density at radius 3 is 2.42 bits per heavy atom. The predicted octanol–water partition coefficient (Wildman–Crippen LogP) is 6.71. The van der Waals surface area contributed by atoms with Gasteiger partial charge in [0.1, 0.15) is 6.61 Å². The average Bonchev–Trinajstić information content (AvgIpc) is 3.23. The first-order chi connectivity index (χ1) is 15.1. The summed E-state index contributed by atoms with van der Waals surface area (Å²) >= 11 is 9.42. The molecule has 0 fully saturated rings. The van der Waals surface area contributed by atoms with Crippen molar-refractivity contribution in [3.8, 4) is 16.9 Å². The maximum atomic E-state index is 12.3. The number of aromatic nitrogens is 2. The summed E-state index contributed by atoms with van der Waals surface area (Å²) in [6, 6.07) is 24.9. The second-order valence-electron chi connectivity index (χ2n) is 6.79. The zero-order valence-electron chi connectivity index (χ0n) is 16.4. The molecule has 3 aromatic carbocycles. The summed E-state index contributed by atoms with van der Waals surface area (Å²) < 4.78 is 8.12. The summed E-state index contributed by atoms with van der Waals surface area (Å²) in [5, 5.41) is 5.38. The molecule has 6 heteroatoms. The fourth-order valence-corrected chi connectivity index (χ4v) is 3.39. The molecule has 0 saturated carbocycles. The van der Waals surface area contributed by atoms with Crippen LogP contribution in [-0.2, 0) is 16.1 Å². The third kappa shape index (κ3) is 5.51. The van der Waals surface area contributed by atoms with Crippen LogP contribution in [0.5, 0.6) is 0 Å². The van der Waals surface area contributed by atoms with Crippen LogP contribution in [0.2, 0.25) is 5.02 Å². The number of ether oxygens (including phenoxy) is 1. The van der Waals surface area contributed by atoms with Crippen molar-refractivity contribution in [2.24, 2.45) is 0 Å². The minimum absolute atomic E-state index is 0.212. The average molecular weight is 494 g/mol. The minimum atomic E-state index is -0.419. The molecule has 0 aliphatic rings. The van der Waals surface area contributed by atoms with Crippen LogP contribution in [0.3, 0.4) is 0 Å². The lowest BCUT2D eigenvalue weighted by Crippen LogP contribution is -2.00. The van der Waals surface area contributed by atoms with Crippen molar-refractivity contribution < 1.29 is 9.53 Å². The number of carbonyl (C=O) groups excluding carboxylic acids is 1. The molecule has 0 aliphatic heterocycles. The molecule has 0 unspecified atom stereocenters. The summed E-state index contributed by atoms with van der Waals surface area (Å²) in [5.41, 5.74) is 4.30. The van der Waals surface area contributed by atoms with Gasteiger partial charge >= 0.3 is 5.97 Å². The Kier molecular flexibility index (Phi) is 6.65. The second kappa shape index (κ2) is 9.77. The fourth-order valence-electron chi connectivity index (χ4n) is 3.00. The van der Waals surface area contributed by atoms with Gasteiger partial charge in [-0.25, -0.2) is 9.48 Å². The van der Waals surface area contributed by atoms with E-state index in [1.807, 2.05) is 85.1 Å². The van der Waals surface area contributed by atoms with Gasteiger partial charge in [0.05, 0.1) is 11.4 Å². The Morgan fingerprint density at radius 1 is 1.00 bits per heavy atom. The first kappa shape index (κ1) is 21.1. The van der Waals surface area contributed by atoms with Crippen LogP contribution in [0.25, 0.3) is 23.0 Å². The van der Waals surface area contributed by atoms with Crippen molar-refractivity contribution in [2.75, 3.05) is 0 Å². The lowest BCUT2D eigenvalue weighted by molar-refractivity contribution is -0.138. The first-order valence-corrected chi connectivity index (χ1v) is 10.8. The lowest BCUT2D eigenvalue weighted by atomic mass is 10.1. The van der Waals surface area contributed by atoms with E-state index in [1.165, 1.54) is 6.08 Å². The molecule has 0 spiro atoms. The van der Waals surface area contributed by atoms with E-state index < -0.39 is 5.97 Å². The normalized spacial score (nSPS) is 11.0. The van der Waals surface area contributed by atoms with E-state index in [0.717, 1.165) is 32.5 Å². The molecule has 1 aromatic heterocycles. The summed E-state index contributed by atoms with van der Waals surface area (Å²) in [5.74, 6) is -0.419. The van der Waals surface area contributed by atoms with Gasteiger partial charge in [0.15, 0.2) is 0 Å². The number of hydrogen-bond donors (Lipinski definition) is 0. The quantitative estimate of drug-likeness (QED) is 0.221. The summed E-state index contributed by atoms with van der Waals surface area (Å²) in [6.07, 6.45) is 5.03. The summed E-state index contributed by atoms with van der Waals surface area (Å²) in [6.45, 7) is 0.212. The third-order valence-corrected chi connectivity index (χ3v) is 5.35. The van der Waals surface area contributed by atoms with Gasteiger partial charge in [-0.15, -0.1) is 0 Å². The number of carbonyl (C=O) groups is 1. The molecule has 0 amide bonds. The number of esters is 1. The largest absolute Gasteiger partial charge is 0.458 e. The lowest BCUT2D eigenvalue weighted by Gasteiger charge is -2.02. The van der Waals surface area contributed by atoms with Crippen LogP contribution in [-0.4, -0.2) is 15.7 Å². The molecule has 0 atom stereocenters. The standard InChI is InChI=1S/C25H18BrClN2O2/c26-21-11-6-18(7-12-21)17-31-24(30)15-10-20-16-29(23-4-2-1-3-5-23)28-25(20)19-8-13-22(27)14-9-19/h1-16H,17H2/b15-10+. The third-order valence-electron chi connectivity index (χ3n) is 4.57. The van der Waals surface area contributed by atoms with Crippen molar-refractivity contribution in [3.05, 3.63) is 112 Å². The summed E-state index contributed by atoms with van der Waals surface area (Å²) in [4.78, 5) is 12.3. The van der Waals surface area contributed by atoms with Gasteiger partial charge in [0, 0.05) is 32.9 Å². The number of rotatable bonds is 6. The van der Waals surface area contributed by atoms with E-state index >= 15 is 0 Å². The molecular weight excluding hydrogens is 476 g/mol. The van der Waals surface area contributed by atoms with E-state index in [2.05, 4.69) is 15.9 Å². The van der Waals surface area contributed by atoms with Crippen molar-refractivity contribution in [1.29, 1.82) is 0 Å². The molecule has 154 valence electrons. The molecular formula is C25H18BrClN2O2. The van der Waals surface area contributed by atoms with Gasteiger partial charge in [-0.3, -0.25) is 0 Å². The van der Waals surface area contributed by atoms with E-state index in [-0.39, 0.29) is 6.61 Å². The van der Waals surface area contributed by atoms with Crippen molar-refractivity contribution in [1.82, 2.24) is 9.78 Å².